The summed E-state index contributed by atoms with van der Waals surface area (Å²) in [6, 6.07) is 7.60. The van der Waals surface area contributed by atoms with Crippen LogP contribution in [0.15, 0.2) is 30.3 Å². The number of hydrogen-bond acceptors (Lipinski definition) is 4. The van der Waals surface area contributed by atoms with Crippen molar-refractivity contribution in [3.8, 4) is 11.6 Å². The van der Waals surface area contributed by atoms with E-state index in [0.29, 0.717) is 5.75 Å². The lowest BCUT2D eigenvalue weighted by molar-refractivity contribution is -0.141. The highest BCUT2D eigenvalue weighted by Gasteiger charge is 2.33. The van der Waals surface area contributed by atoms with Crippen molar-refractivity contribution >= 4 is 5.69 Å². The van der Waals surface area contributed by atoms with E-state index in [1.165, 1.54) is 0 Å². The summed E-state index contributed by atoms with van der Waals surface area (Å²) in [5.41, 5.74) is 0.951. The Bertz CT molecular complexity index is 641. The Morgan fingerprint density at radius 2 is 1.95 bits per heavy atom. The Kier molecular flexibility index (Phi) is 3.40. The van der Waals surface area contributed by atoms with Gasteiger partial charge in [0, 0.05) is 12.6 Å². The molecular formula is C14H12F3N3O. The third-order valence-electron chi connectivity index (χ3n) is 3.18. The molecule has 1 aromatic heterocycles. The molecule has 0 saturated heterocycles. The topological polar surface area (TPSA) is 47.0 Å². The van der Waals surface area contributed by atoms with E-state index in [4.69, 9.17) is 4.74 Å². The minimum absolute atomic E-state index is 0.0313. The molecule has 0 spiro atoms. The number of nitrogens with zero attached hydrogens (tertiary/aromatic N) is 2. The molecule has 4 nitrogen and oxygen atoms in total. The number of fused-ring (bicyclic) bond motifs is 1. The van der Waals surface area contributed by atoms with Gasteiger partial charge in [0.2, 0.25) is 5.88 Å². The van der Waals surface area contributed by atoms with Crippen LogP contribution in [0.3, 0.4) is 0 Å². The van der Waals surface area contributed by atoms with Gasteiger partial charge in [-0.1, -0.05) is 12.1 Å². The Labute approximate surface area is 119 Å². The maximum absolute atomic E-state index is 12.4. The van der Waals surface area contributed by atoms with Crippen LogP contribution in [-0.2, 0) is 12.6 Å². The zero-order valence-corrected chi connectivity index (χ0v) is 10.9. The van der Waals surface area contributed by atoms with Crippen LogP contribution in [0.25, 0.3) is 0 Å². The molecule has 0 fully saturated rings. The van der Waals surface area contributed by atoms with Crippen molar-refractivity contribution in [2.45, 2.75) is 19.0 Å². The fraction of sp³-hybridized carbons (Fsp3) is 0.286. The van der Waals surface area contributed by atoms with Gasteiger partial charge >= 0.3 is 6.18 Å². The number of alkyl halides is 3. The second-order valence-electron chi connectivity index (χ2n) is 4.68. The smallest absolute Gasteiger partial charge is 0.435 e. The molecule has 2 heterocycles. The van der Waals surface area contributed by atoms with E-state index in [0.717, 1.165) is 42.8 Å². The van der Waals surface area contributed by atoms with Crippen LogP contribution in [0.2, 0.25) is 0 Å². The lowest BCUT2D eigenvalue weighted by atomic mass is 10.0. The molecule has 1 aliphatic rings. The van der Waals surface area contributed by atoms with Crippen LogP contribution in [0, 0.1) is 0 Å². The first-order chi connectivity index (χ1) is 10.0. The first kappa shape index (κ1) is 13.7. The van der Waals surface area contributed by atoms with Crippen molar-refractivity contribution in [2.24, 2.45) is 0 Å². The summed E-state index contributed by atoms with van der Waals surface area (Å²) in [7, 11) is 0. The quantitative estimate of drug-likeness (QED) is 0.918. The van der Waals surface area contributed by atoms with E-state index in [1.807, 2.05) is 12.1 Å². The number of halogens is 3. The van der Waals surface area contributed by atoms with Crippen molar-refractivity contribution in [1.82, 2.24) is 10.2 Å². The van der Waals surface area contributed by atoms with Gasteiger partial charge in [0.25, 0.3) is 0 Å². The largest absolute Gasteiger partial charge is 0.435 e. The van der Waals surface area contributed by atoms with Crippen molar-refractivity contribution in [3.05, 3.63) is 41.6 Å². The Hall–Kier alpha value is -2.31. The monoisotopic (exact) mass is 295 g/mol. The number of anilines is 1. The number of aromatic nitrogens is 2. The molecule has 0 radical (unpaired) electrons. The standard InChI is InChI=1S/C14H12F3N3O/c15-14(16,17)11-6-7-12(20-19-11)21-10-5-1-3-9-4-2-8-18-13(9)10/h1,3,5-7,18H,2,4,8H2. The van der Waals surface area contributed by atoms with Crippen LogP contribution in [0.5, 0.6) is 11.6 Å². The predicted octanol–water partition coefficient (Wildman–Crippen LogP) is 3.65. The SMILES string of the molecule is FC(F)(F)c1ccc(Oc2cccc3c2NCCC3)nn1. The second-order valence-corrected chi connectivity index (χ2v) is 4.68. The van der Waals surface area contributed by atoms with Gasteiger partial charge in [0.05, 0.1) is 5.69 Å². The van der Waals surface area contributed by atoms with E-state index < -0.39 is 11.9 Å². The highest BCUT2D eigenvalue weighted by Crippen LogP contribution is 2.35. The minimum Gasteiger partial charge on any atom is -0.435 e. The summed E-state index contributed by atoms with van der Waals surface area (Å²) >= 11 is 0. The zero-order chi connectivity index (χ0) is 14.9. The normalized spacial score (nSPS) is 14.2. The molecular weight excluding hydrogens is 283 g/mol. The second kappa shape index (κ2) is 5.23. The van der Waals surface area contributed by atoms with Crippen LogP contribution >= 0.6 is 0 Å². The fourth-order valence-electron chi connectivity index (χ4n) is 2.20. The molecule has 0 unspecified atom stereocenters. The Morgan fingerprint density at radius 1 is 1.10 bits per heavy atom. The van der Waals surface area contributed by atoms with Gasteiger partial charge in [-0.05, 0) is 30.5 Å². The molecule has 0 atom stereocenters. The summed E-state index contributed by atoms with van der Waals surface area (Å²) in [6.45, 7) is 0.839. The van der Waals surface area contributed by atoms with E-state index >= 15 is 0 Å². The van der Waals surface area contributed by atoms with E-state index in [9.17, 15) is 13.2 Å². The van der Waals surface area contributed by atoms with Gasteiger partial charge in [0.15, 0.2) is 11.4 Å². The molecule has 0 saturated carbocycles. The lowest BCUT2D eigenvalue weighted by Gasteiger charge is -2.20. The summed E-state index contributed by atoms with van der Waals surface area (Å²) in [5, 5.41) is 9.84. The van der Waals surface area contributed by atoms with Gasteiger partial charge in [0.1, 0.15) is 0 Å². The number of ether oxygens (including phenoxy) is 1. The van der Waals surface area contributed by atoms with Gasteiger partial charge in [-0.2, -0.15) is 13.2 Å². The number of aryl methyl sites for hydroxylation is 1. The maximum Gasteiger partial charge on any atom is 0.435 e. The summed E-state index contributed by atoms with van der Waals surface area (Å²) in [6.07, 6.45) is -2.52. The molecule has 110 valence electrons. The third-order valence-corrected chi connectivity index (χ3v) is 3.18. The zero-order valence-electron chi connectivity index (χ0n) is 10.9. The number of rotatable bonds is 2. The molecule has 0 aliphatic carbocycles. The van der Waals surface area contributed by atoms with Crippen LogP contribution in [-0.4, -0.2) is 16.7 Å². The van der Waals surface area contributed by atoms with Crippen molar-refractivity contribution in [1.29, 1.82) is 0 Å². The number of benzene rings is 1. The molecule has 3 rings (SSSR count). The maximum atomic E-state index is 12.4. The minimum atomic E-state index is -4.50. The molecule has 1 aromatic carbocycles. The molecule has 0 bridgehead atoms. The Balaban J connectivity index is 1.84. The number of nitrogens with one attached hydrogen (secondary N) is 1. The fourth-order valence-corrected chi connectivity index (χ4v) is 2.20. The molecule has 0 amide bonds. The number of para-hydroxylation sites is 1. The summed E-state index contributed by atoms with van der Waals surface area (Å²) < 4.78 is 42.8. The van der Waals surface area contributed by atoms with Crippen LogP contribution < -0.4 is 10.1 Å². The van der Waals surface area contributed by atoms with Crippen LogP contribution in [0.1, 0.15) is 17.7 Å². The van der Waals surface area contributed by atoms with E-state index in [-0.39, 0.29) is 5.88 Å². The van der Waals surface area contributed by atoms with Gasteiger partial charge in [-0.15, -0.1) is 10.2 Å². The van der Waals surface area contributed by atoms with Crippen LogP contribution in [0.4, 0.5) is 18.9 Å². The Morgan fingerprint density at radius 3 is 2.67 bits per heavy atom. The molecule has 21 heavy (non-hydrogen) atoms. The van der Waals surface area contributed by atoms with Gasteiger partial charge < -0.3 is 10.1 Å². The van der Waals surface area contributed by atoms with E-state index in [1.54, 1.807) is 6.07 Å². The summed E-state index contributed by atoms with van der Waals surface area (Å²) in [5.74, 6) is 0.574. The molecule has 1 aliphatic heterocycles. The highest BCUT2D eigenvalue weighted by atomic mass is 19.4. The first-order valence-electron chi connectivity index (χ1n) is 6.48. The third kappa shape index (κ3) is 2.91. The first-order valence-corrected chi connectivity index (χ1v) is 6.48. The molecule has 2 aromatic rings. The van der Waals surface area contributed by atoms with Crippen molar-refractivity contribution in [3.63, 3.8) is 0 Å². The van der Waals surface area contributed by atoms with Gasteiger partial charge in [-0.25, -0.2) is 0 Å². The average molecular weight is 295 g/mol. The molecule has 7 heteroatoms. The number of hydrogen-bond donors (Lipinski definition) is 1. The van der Waals surface area contributed by atoms with Gasteiger partial charge in [-0.3, -0.25) is 0 Å². The van der Waals surface area contributed by atoms with Crippen molar-refractivity contribution < 1.29 is 17.9 Å². The lowest BCUT2D eigenvalue weighted by Crippen LogP contribution is -2.12. The van der Waals surface area contributed by atoms with E-state index in [2.05, 4.69) is 15.5 Å². The molecule has 1 N–H and O–H groups in total. The predicted molar refractivity (Wildman–Crippen MR) is 70.4 cm³/mol. The van der Waals surface area contributed by atoms with Crippen molar-refractivity contribution in [2.75, 3.05) is 11.9 Å². The summed E-state index contributed by atoms with van der Waals surface area (Å²) in [4.78, 5) is 0. The highest BCUT2D eigenvalue weighted by molar-refractivity contribution is 5.64. The average Bonchev–Trinajstić information content (AvgIpc) is 2.47.